The highest BCUT2D eigenvalue weighted by Crippen LogP contribution is 2.28. The van der Waals surface area contributed by atoms with Crippen LogP contribution in [-0.2, 0) is 9.53 Å². The van der Waals surface area contributed by atoms with Crippen molar-refractivity contribution in [3.8, 4) is 11.5 Å². The fraction of sp³-hybridized carbons (Fsp3) is 0.500. The molecule has 0 fully saturated rings. The first-order valence-electron chi connectivity index (χ1n) is 6.40. The van der Waals surface area contributed by atoms with Gasteiger partial charge in [0.2, 0.25) is 0 Å². The molecule has 0 bridgehead atoms. The summed E-state index contributed by atoms with van der Waals surface area (Å²) >= 11 is 0. The Hall–Kier alpha value is -1.95. The van der Waals surface area contributed by atoms with Gasteiger partial charge in [-0.15, -0.1) is 0 Å². The predicted molar refractivity (Wildman–Crippen MR) is 75.3 cm³/mol. The SMILES string of the molecule is CCOC(=O)CC(O)CNc1cc(OC)ccc1OC. The van der Waals surface area contributed by atoms with Crippen LogP contribution in [0.4, 0.5) is 5.69 Å². The summed E-state index contributed by atoms with van der Waals surface area (Å²) in [6.07, 6.45) is -0.877. The summed E-state index contributed by atoms with van der Waals surface area (Å²) in [5.41, 5.74) is 0.690. The number of nitrogens with one attached hydrogen (secondary N) is 1. The molecular weight excluding hydrogens is 262 g/mol. The fourth-order valence-electron chi connectivity index (χ4n) is 1.66. The molecule has 6 nitrogen and oxygen atoms in total. The van der Waals surface area contributed by atoms with Crippen LogP contribution in [-0.4, -0.2) is 44.6 Å². The molecule has 1 unspecified atom stereocenters. The van der Waals surface area contributed by atoms with Crippen molar-refractivity contribution in [2.45, 2.75) is 19.4 Å². The number of aliphatic hydroxyl groups is 1. The van der Waals surface area contributed by atoms with E-state index in [4.69, 9.17) is 14.2 Å². The largest absolute Gasteiger partial charge is 0.497 e. The Kier molecular flexibility index (Phi) is 6.66. The van der Waals surface area contributed by atoms with Gasteiger partial charge in [-0.25, -0.2) is 0 Å². The molecule has 1 aromatic carbocycles. The number of carbonyl (C=O) groups is 1. The van der Waals surface area contributed by atoms with Gasteiger partial charge in [-0.3, -0.25) is 4.79 Å². The highest BCUT2D eigenvalue weighted by molar-refractivity contribution is 5.70. The van der Waals surface area contributed by atoms with Crippen LogP contribution in [0.25, 0.3) is 0 Å². The van der Waals surface area contributed by atoms with Gasteiger partial charge in [0.25, 0.3) is 0 Å². The summed E-state index contributed by atoms with van der Waals surface area (Å²) in [6, 6.07) is 5.30. The first-order chi connectivity index (χ1) is 9.60. The lowest BCUT2D eigenvalue weighted by Gasteiger charge is -2.15. The second-order valence-electron chi connectivity index (χ2n) is 4.11. The van der Waals surface area contributed by atoms with Crippen molar-refractivity contribution >= 4 is 11.7 Å². The second-order valence-corrected chi connectivity index (χ2v) is 4.11. The molecule has 0 saturated heterocycles. The third-order valence-electron chi connectivity index (χ3n) is 2.64. The van der Waals surface area contributed by atoms with Gasteiger partial charge < -0.3 is 24.6 Å². The summed E-state index contributed by atoms with van der Waals surface area (Å²) in [5.74, 6) is 0.890. The Balaban J connectivity index is 2.57. The third-order valence-corrected chi connectivity index (χ3v) is 2.64. The molecule has 0 saturated carbocycles. The number of anilines is 1. The molecule has 1 rings (SSSR count). The van der Waals surface area contributed by atoms with E-state index in [0.29, 0.717) is 23.8 Å². The van der Waals surface area contributed by atoms with Gasteiger partial charge in [0.05, 0.1) is 39.0 Å². The highest BCUT2D eigenvalue weighted by Gasteiger charge is 2.13. The average Bonchev–Trinajstić information content (AvgIpc) is 2.44. The zero-order valence-corrected chi connectivity index (χ0v) is 12.0. The van der Waals surface area contributed by atoms with Gasteiger partial charge in [-0.1, -0.05) is 0 Å². The lowest BCUT2D eigenvalue weighted by molar-refractivity contribution is -0.145. The number of aliphatic hydroxyl groups excluding tert-OH is 1. The molecule has 20 heavy (non-hydrogen) atoms. The first kappa shape index (κ1) is 16.1. The number of hydrogen-bond acceptors (Lipinski definition) is 6. The zero-order valence-electron chi connectivity index (χ0n) is 12.0. The van der Waals surface area contributed by atoms with Gasteiger partial charge in [-0.05, 0) is 19.1 Å². The van der Waals surface area contributed by atoms with Gasteiger partial charge in [0, 0.05) is 12.6 Å². The Morgan fingerprint density at radius 1 is 1.35 bits per heavy atom. The molecular formula is C14H21NO5. The van der Waals surface area contributed by atoms with Crippen molar-refractivity contribution in [3.05, 3.63) is 18.2 Å². The van der Waals surface area contributed by atoms with Crippen molar-refractivity contribution < 1.29 is 24.1 Å². The molecule has 1 atom stereocenters. The van der Waals surface area contributed by atoms with Gasteiger partial charge in [0.15, 0.2) is 0 Å². The van der Waals surface area contributed by atoms with Crippen molar-refractivity contribution in [2.75, 3.05) is 32.7 Å². The van der Waals surface area contributed by atoms with Crippen LogP contribution in [0.2, 0.25) is 0 Å². The average molecular weight is 283 g/mol. The van der Waals surface area contributed by atoms with Crippen molar-refractivity contribution in [2.24, 2.45) is 0 Å². The number of methoxy groups -OCH3 is 2. The summed E-state index contributed by atoms with van der Waals surface area (Å²) in [4.78, 5) is 11.2. The molecule has 0 aliphatic carbocycles. The number of ether oxygens (including phenoxy) is 3. The minimum absolute atomic E-state index is 0.0485. The van der Waals surface area contributed by atoms with Crippen LogP contribution in [0.5, 0.6) is 11.5 Å². The third kappa shape index (κ3) is 4.97. The Bertz CT molecular complexity index is 436. The standard InChI is InChI=1S/C14H21NO5/c1-4-20-14(17)7-10(16)9-15-12-8-11(18-2)5-6-13(12)19-3/h5-6,8,10,15-16H,4,7,9H2,1-3H3. The Labute approximate surface area is 118 Å². The summed E-state index contributed by atoms with van der Waals surface area (Å²) in [7, 11) is 3.13. The summed E-state index contributed by atoms with van der Waals surface area (Å²) < 4.78 is 15.1. The van der Waals surface area contributed by atoms with E-state index in [2.05, 4.69) is 5.32 Å². The monoisotopic (exact) mass is 283 g/mol. The maximum absolute atomic E-state index is 11.2. The Morgan fingerprint density at radius 2 is 2.10 bits per heavy atom. The smallest absolute Gasteiger partial charge is 0.308 e. The minimum atomic E-state index is -0.829. The number of benzene rings is 1. The first-order valence-corrected chi connectivity index (χ1v) is 6.40. The molecule has 0 spiro atoms. The topological polar surface area (TPSA) is 77.0 Å². The van der Waals surface area contributed by atoms with E-state index < -0.39 is 12.1 Å². The molecule has 0 heterocycles. The van der Waals surface area contributed by atoms with E-state index in [-0.39, 0.29) is 13.0 Å². The van der Waals surface area contributed by atoms with E-state index in [1.807, 2.05) is 0 Å². The molecule has 112 valence electrons. The molecule has 0 aliphatic rings. The van der Waals surface area contributed by atoms with E-state index in [9.17, 15) is 9.90 Å². The van der Waals surface area contributed by atoms with E-state index >= 15 is 0 Å². The quantitative estimate of drug-likeness (QED) is 0.703. The van der Waals surface area contributed by atoms with Crippen molar-refractivity contribution in [1.29, 1.82) is 0 Å². The molecule has 0 amide bonds. The summed E-state index contributed by atoms with van der Waals surface area (Å²) in [5, 5.41) is 12.8. The molecule has 6 heteroatoms. The van der Waals surface area contributed by atoms with Crippen molar-refractivity contribution in [3.63, 3.8) is 0 Å². The van der Waals surface area contributed by atoms with Crippen molar-refractivity contribution in [1.82, 2.24) is 0 Å². The van der Waals surface area contributed by atoms with E-state index in [1.54, 1.807) is 39.3 Å². The van der Waals surface area contributed by atoms with E-state index in [0.717, 1.165) is 0 Å². The number of hydrogen-bond donors (Lipinski definition) is 2. The number of carbonyl (C=O) groups excluding carboxylic acids is 1. The van der Waals surface area contributed by atoms with Crippen LogP contribution in [0, 0.1) is 0 Å². The molecule has 0 aromatic heterocycles. The van der Waals surface area contributed by atoms with Crippen LogP contribution in [0.15, 0.2) is 18.2 Å². The second kappa shape index (κ2) is 8.27. The molecule has 1 aromatic rings. The highest BCUT2D eigenvalue weighted by atomic mass is 16.5. The van der Waals surface area contributed by atoms with Crippen LogP contribution >= 0.6 is 0 Å². The fourth-order valence-corrected chi connectivity index (χ4v) is 1.66. The van der Waals surface area contributed by atoms with Gasteiger partial charge >= 0.3 is 5.97 Å². The Morgan fingerprint density at radius 3 is 2.70 bits per heavy atom. The molecule has 0 radical (unpaired) electrons. The number of rotatable bonds is 8. The normalized spacial score (nSPS) is 11.6. The maximum atomic E-state index is 11.2. The minimum Gasteiger partial charge on any atom is -0.497 e. The van der Waals surface area contributed by atoms with Crippen LogP contribution in [0.3, 0.4) is 0 Å². The molecule has 2 N–H and O–H groups in total. The van der Waals surface area contributed by atoms with Gasteiger partial charge in [-0.2, -0.15) is 0 Å². The predicted octanol–water partition coefficient (Wildman–Crippen LogP) is 1.43. The lowest BCUT2D eigenvalue weighted by Crippen LogP contribution is -2.24. The zero-order chi connectivity index (χ0) is 15.0. The maximum Gasteiger partial charge on any atom is 0.308 e. The molecule has 0 aliphatic heterocycles. The number of esters is 1. The summed E-state index contributed by atoms with van der Waals surface area (Å²) in [6.45, 7) is 2.24. The van der Waals surface area contributed by atoms with Crippen LogP contribution in [0.1, 0.15) is 13.3 Å². The van der Waals surface area contributed by atoms with Gasteiger partial charge in [0.1, 0.15) is 11.5 Å². The lowest BCUT2D eigenvalue weighted by atomic mass is 10.2. The van der Waals surface area contributed by atoms with Crippen LogP contribution < -0.4 is 14.8 Å². The van der Waals surface area contributed by atoms with E-state index in [1.165, 1.54) is 0 Å².